The molecule has 0 unspecified atom stereocenters. The van der Waals surface area contributed by atoms with E-state index in [4.69, 9.17) is 0 Å². The second kappa shape index (κ2) is 6.19. The molecule has 1 amide bonds. The lowest BCUT2D eigenvalue weighted by Gasteiger charge is -2.10. The zero-order valence-electron chi connectivity index (χ0n) is 10.4. The molecule has 6 nitrogen and oxygen atoms in total. The van der Waals surface area contributed by atoms with Gasteiger partial charge in [0.05, 0.1) is 11.0 Å². The summed E-state index contributed by atoms with van der Waals surface area (Å²) < 4.78 is 26.0. The number of carbonyl (C=O) groups excluding carboxylic acids is 1. The lowest BCUT2D eigenvalue weighted by molar-refractivity contribution is -0.385. The maximum atomic E-state index is 13.0. The van der Waals surface area contributed by atoms with Gasteiger partial charge in [0.15, 0.2) is 11.6 Å². The number of nitrogens with zero attached hydrogens (tertiary/aromatic N) is 2. The molecule has 0 aliphatic carbocycles. The summed E-state index contributed by atoms with van der Waals surface area (Å²) in [6.07, 6.45) is 0. The monoisotopic (exact) mass is 273 g/mol. The van der Waals surface area contributed by atoms with Crippen LogP contribution in [0.25, 0.3) is 0 Å². The number of benzene rings is 1. The lowest BCUT2D eigenvalue weighted by Crippen LogP contribution is -2.31. The van der Waals surface area contributed by atoms with E-state index in [0.29, 0.717) is 18.7 Å². The van der Waals surface area contributed by atoms with E-state index in [9.17, 15) is 23.7 Å². The Kier molecular flexibility index (Phi) is 4.87. The number of hydrogen-bond acceptors (Lipinski definition) is 4. The summed E-state index contributed by atoms with van der Waals surface area (Å²) in [6.45, 7) is 0.755. The molecule has 8 heteroatoms. The Hall–Kier alpha value is -2.09. The Morgan fingerprint density at radius 2 is 1.95 bits per heavy atom. The van der Waals surface area contributed by atoms with Gasteiger partial charge in [-0.25, -0.2) is 8.78 Å². The molecule has 0 aliphatic rings. The first kappa shape index (κ1) is 15.0. The summed E-state index contributed by atoms with van der Waals surface area (Å²) in [5, 5.41) is 13.1. The average molecular weight is 273 g/mol. The van der Waals surface area contributed by atoms with Crippen LogP contribution in [0.2, 0.25) is 0 Å². The highest BCUT2D eigenvalue weighted by atomic mass is 19.2. The van der Waals surface area contributed by atoms with Gasteiger partial charge in [0, 0.05) is 13.1 Å². The number of hydrogen-bond donors (Lipinski definition) is 1. The molecule has 0 radical (unpaired) electrons. The molecule has 0 saturated carbocycles. The lowest BCUT2D eigenvalue weighted by atomic mass is 10.1. The van der Waals surface area contributed by atoms with Gasteiger partial charge >= 0.3 is 0 Å². The Labute approximate surface area is 108 Å². The van der Waals surface area contributed by atoms with Crippen molar-refractivity contribution < 1.29 is 18.5 Å². The second-order valence-corrected chi connectivity index (χ2v) is 4.10. The van der Waals surface area contributed by atoms with Crippen LogP contribution in [0.1, 0.15) is 10.4 Å². The van der Waals surface area contributed by atoms with Gasteiger partial charge in [-0.1, -0.05) is 0 Å². The van der Waals surface area contributed by atoms with Crippen molar-refractivity contribution >= 4 is 11.6 Å². The van der Waals surface area contributed by atoms with Gasteiger partial charge in [0.2, 0.25) is 0 Å². The first-order chi connectivity index (χ1) is 8.82. The van der Waals surface area contributed by atoms with Gasteiger partial charge < -0.3 is 10.2 Å². The number of likely N-dealkylation sites (N-methyl/N-ethyl adjacent to an activating group) is 1. The first-order valence-electron chi connectivity index (χ1n) is 5.39. The summed E-state index contributed by atoms with van der Waals surface area (Å²) in [5.74, 6) is -3.48. The molecule has 19 heavy (non-hydrogen) atoms. The molecule has 0 aliphatic heterocycles. The van der Waals surface area contributed by atoms with E-state index < -0.39 is 33.7 Å². The Balaban J connectivity index is 2.95. The van der Waals surface area contributed by atoms with Crippen LogP contribution < -0.4 is 5.32 Å². The van der Waals surface area contributed by atoms with E-state index >= 15 is 0 Å². The van der Waals surface area contributed by atoms with Crippen molar-refractivity contribution in [2.75, 3.05) is 27.2 Å². The zero-order valence-corrected chi connectivity index (χ0v) is 10.4. The van der Waals surface area contributed by atoms with Gasteiger partial charge in [-0.05, 0) is 20.2 Å². The third-order valence-corrected chi connectivity index (χ3v) is 2.32. The van der Waals surface area contributed by atoms with Crippen LogP contribution in [0.15, 0.2) is 12.1 Å². The van der Waals surface area contributed by atoms with Gasteiger partial charge in [-0.15, -0.1) is 0 Å². The molecule has 0 saturated heterocycles. The van der Waals surface area contributed by atoms with Gasteiger partial charge in [0.1, 0.15) is 5.56 Å². The fraction of sp³-hybridized carbons (Fsp3) is 0.364. The van der Waals surface area contributed by atoms with Crippen molar-refractivity contribution in [2.24, 2.45) is 0 Å². The van der Waals surface area contributed by atoms with Crippen LogP contribution in [0, 0.1) is 21.7 Å². The van der Waals surface area contributed by atoms with Crippen LogP contribution >= 0.6 is 0 Å². The number of carbonyl (C=O) groups is 1. The molecule has 104 valence electrons. The SMILES string of the molecule is CN(C)CCNC(=O)c1cc(F)c(F)cc1[N+](=O)[O-]. The van der Waals surface area contributed by atoms with Crippen LogP contribution in [0.4, 0.5) is 14.5 Å². The topological polar surface area (TPSA) is 75.5 Å². The third kappa shape index (κ3) is 3.95. The van der Waals surface area contributed by atoms with Crippen molar-refractivity contribution in [1.29, 1.82) is 0 Å². The van der Waals surface area contributed by atoms with E-state index in [-0.39, 0.29) is 6.54 Å². The molecule has 0 spiro atoms. The fourth-order valence-corrected chi connectivity index (χ4v) is 1.36. The summed E-state index contributed by atoms with van der Waals surface area (Å²) in [4.78, 5) is 23.3. The summed E-state index contributed by atoms with van der Waals surface area (Å²) in [7, 11) is 3.57. The van der Waals surface area contributed by atoms with Crippen LogP contribution in [-0.4, -0.2) is 42.9 Å². The van der Waals surface area contributed by atoms with Crippen molar-refractivity contribution in [3.63, 3.8) is 0 Å². The Bertz CT molecular complexity index is 506. The minimum atomic E-state index is -1.36. The maximum absolute atomic E-state index is 13.0. The van der Waals surface area contributed by atoms with Crippen molar-refractivity contribution in [3.8, 4) is 0 Å². The Morgan fingerprint density at radius 1 is 1.37 bits per heavy atom. The van der Waals surface area contributed by atoms with E-state index in [0.717, 1.165) is 0 Å². The molecule has 0 bridgehead atoms. The smallest absolute Gasteiger partial charge is 0.285 e. The van der Waals surface area contributed by atoms with E-state index in [1.54, 1.807) is 19.0 Å². The normalized spacial score (nSPS) is 10.6. The molecular weight excluding hydrogens is 260 g/mol. The predicted molar refractivity (Wildman–Crippen MR) is 63.9 cm³/mol. The molecule has 0 aromatic heterocycles. The van der Waals surface area contributed by atoms with Crippen LogP contribution in [0.3, 0.4) is 0 Å². The minimum absolute atomic E-state index is 0.238. The maximum Gasteiger partial charge on any atom is 0.285 e. The predicted octanol–water partition coefficient (Wildman–Crippen LogP) is 1.16. The highest BCUT2D eigenvalue weighted by molar-refractivity contribution is 5.98. The molecule has 0 atom stereocenters. The summed E-state index contributed by atoms with van der Waals surface area (Å²) >= 11 is 0. The fourth-order valence-electron chi connectivity index (χ4n) is 1.36. The minimum Gasteiger partial charge on any atom is -0.351 e. The molecular formula is C11H13F2N3O3. The number of rotatable bonds is 5. The van der Waals surface area contributed by atoms with Gasteiger partial charge in [-0.2, -0.15) is 0 Å². The van der Waals surface area contributed by atoms with Crippen molar-refractivity contribution in [1.82, 2.24) is 10.2 Å². The standard InChI is InChI=1S/C11H13F2N3O3/c1-15(2)4-3-14-11(17)7-5-8(12)9(13)6-10(7)16(18)19/h5-6H,3-4H2,1-2H3,(H,14,17). The van der Waals surface area contributed by atoms with E-state index in [1.807, 2.05) is 0 Å². The van der Waals surface area contributed by atoms with Crippen LogP contribution in [-0.2, 0) is 0 Å². The number of nitro benzene ring substituents is 1. The number of halogens is 2. The quantitative estimate of drug-likeness (QED) is 0.645. The third-order valence-electron chi connectivity index (χ3n) is 2.32. The largest absolute Gasteiger partial charge is 0.351 e. The molecule has 1 N–H and O–H groups in total. The molecule has 0 fully saturated rings. The van der Waals surface area contributed by atoms with Gasteiger partial charge in [-0.3, -0.25) is 14.9 Å². The van der Waals surface area contributed by atoms with Crippen LogP contribution in [0.5, 0.6) is 0 Å². The molecule has 1 aromatic rings. The highest BCUT2D eigenvalue weighted by Crippen LogP contribution is 2.22. The number of amides is 1. The molecule has 1 aromatic carbocycles. The van der Waals surface area contributed by atoms with E-state index in [2.05, 4.69) is 5.32 Å². The number of nitro groups is 1. The second-order valence-electron chi connectivity index (χ2n) is 4.10. The molecule has 1 rings (SSSR count). The number of nitrogens with one attached hydrogen (secondary N) is 1. The van der Waals surface area contributed by atoms with Crippen molar-refractivity contribution in [3.05, 3.63) is 39.4 Å². The highest BCUT2D eigenvalue weighted by Gasteiger charge is 2.23. The summed E-state index contributed by atoms with van der Waals surface area (Å²) in [6, 6.07) is 0.925. The average Bonchev–Trinajstić information content (AvgIpc) is 2.31. The van der Waals surface area contributed by atoms with Gasteiger partial charge in [0.25, 0.3) is 11.6 Å². The van der Waals surface area contributed by atoms with E-state index in [1.165, 1.54) is 0 Å². The van der Waals surface area contributed by atoms with Crippen molar-refractivity contribution in [2.45, 2.75) is 0 Å². The first-order valence-corrected chi connectivity index (χ1v) is 5.39. The zero-order chi connectivity index (χ0) is 14.6. The summed E-state index contributed by atoms with van der Waals surface area (Å²) in [5.41, 5.74) is -1.26. The Morgan fingerprint density at radius 3 is 2.47 bits per heavy atom. The molecule has 0 heterocycles.